The summed E-state index contributed by atoms with van der Waals surface area (Å²) in [5, 5.41) is 9.26. The smallest absolute Gasteiger partial charge is 0.247 e. The molecule has 2 aromatic heterocycles. The predicted molar refractivity (Wildman–Crippen MR) is 99.2 cm³/mol. The maximum atomic E-state index is 13.0. The van der Waals surface area contributed by atoms with Gasteiger partial charge in [-0.1, -0.05) is 12.1 Å². The van der Waals surface area contributed by atoms with E-state index in [0.29, 0.717) is 24.7 Å². The second-order valence-electron chi connectivity index (χ2n) is 6.27. The highest BCUT2D eigenvalue weighted by molar-refractivity contribution is 7.09. The summed E-state index contributed by atoms with van der Waals surface area (Å²) in [6, 6.07) is 5.79. The maximum Gasteiger partial charge on any atom is 0.247 e. The fraction of sp³-hybridized carbons (Fsp3) is 0.278. The molecule has 1 aromatic carbocycles. The van der Waals surface area contributed by atoms with E-state index >= 15 is 0 Å². The van der Waals surface area contributed by atoms with Crippen molar-refractivity contribution in [1.29, 1.82) is 0 Å². The van der Waals surface area contributed by atoms with E-state index in [0.717, 1.165) is 16.4 Å². The lowest BCUT2D eigenvalue weighted by atomic mass is 10.1. The average molecular weight is 384 g/mol. The quantitative estimate of drug-likeness (QED) is 0.649. The molecule has 0 aliphatic carbocycles. The second-order valence-corrected chi connectivity index (χ2v) is 7.02. The molecule has 1 amide bonds. The van der Waals surface area contributed by atoms with Crippen LogP contribution < -0.4 is 0 Å². The summed E-state index contributed by atoms with van der Waals surface area (Å²) < 4.78 is 19.2. The molecule has 0 radical (unpaired) electrons. The molecule has 9 heteroatoms. The summed E-state index contributed by atoms with van der Waals surface area (Å²) in [6.45, 7) is 4.91. The van der Waals surface area contributed by atoms with E-state index in [9.17, 15) is 9.18 Å². The number of halogens is 1. The van der Waals surface area contributed by atoms with Crippen molar-refractivity contribution in [3.63, 3.8) is 0 Å². The van der Waals surface area contributed by atoms with Gasteiger partial charge in [0.05, 0.1) is 6.04 Å². The maximum absolute atomic E-state index is 13.0. The molecule has 0 spiro atoms. The number of carbonyl (C=O) groups is 1. The number of aryl methyl sites for hydroxylation is 1. The molecule has 3 heterocycles. The number of fused-ring (bicyclic) bond motifs is 1. The van der Waals surface area contributed by atoms with Gasteiger partial charge in [-0.15, -0.1) is 10.2 Å². The highest BCUT2D eigenvalue weighted by atomic mass is 32.1. The molecule has 0 fully saturated rings. The number of carbonyl (C=O) groups excluding carboxylic acids is 1. The van der Waals surface area contributed by atoms with E-state index in [-0.39, 0.29) is 17.8 Å². The van der Waals surface area contributed by atoms with E-state index in [1.165, 1.54) is 29.7 Å². The van der Waals surface area contributed by atoms with Crippen molar-refractivity contribution in [3.8, 4) is 10.8 Å². The molecular formula is C18H17FN6OS. The Kier molecular flexibility index (Phi) is 4.53. The van der Waals surface area contributed by atoms with E-state index in [1.807, 2.05) is 18.4 Å². The van der Waals surface area contributed by atoms with Crippen LogP contribution in [0.25, 0.3) is 16.9 Å². The Bertz CT molecular complexity index is 1010. The molecule has 0 saturated carbocycles. The van der Waals surface area contributed by atoms with Gasteiger partial charge in [-0.2, -0.15) is 4.37 Å². The van der Waals surface area contributed by atoms with Crippen LogP contribution in [0.1, 0.15) is 30.2 Å². The van der Waals surface area contributed by atoms with Gasteiger partial charge in [0.15, 0.2) is 16.7 Å². The monoisotopic (exact) mass is 384 g/mol. The van der Waals surface area contributed by atoms with Crippen LogP contribution in [0.5, 0.6) is 0 Å². The first-order chi connectivity index (χ1) is 13.0. The van der Waals surface area contributed by atoms with Gasteiger partial charge < -0.3 is 9.47 Å². The van der Waals surface area contributed by atoms with E-state index in [4.69, 9.17) is 0 Å². The first-order valence-electron chi connectivity index (χ1n) is 8.51. The van der Waals surface area contributed by atoms with E-state index in [2.05, 4.69) is 19.6 Å². The van der Waals surface area contributed by atoms with Gasteiger partial charge in [0.1, 0.15) is 11.6 Å². The van der Waals surface area contributed by atoms with Crippen LogP contribution in [0.4, 0.5) is 4.39 Å². The summed E-state index contributed by atoms with van der Waals surface area (Å²) in [5.41, 5.74) is 0.770. The van der Waals surface area contributed by atoms with Crippen molar-refractivity contribution in [3.05, 3.63) is 53.4 Å². The fourth-order valence-corrected chi connectivity index (χ4v) is 3.73. The lowest BCUT2D eigenvalue weighted by Crippen LogP contribution is -2.40. The minimum absolute atomic E-state index is 0.116. The van der Waals surface area contributed by atoms with Crippen molar-refractivity contribution in [2.45, 2.75) is 26.4 Å². The Labute approximate surface area is 159 Å². The lowest BCUT2D eigenvalue weighted by Gasteiger charge is -2.32. The molecule has 4 rings (SSSR count). The van der Waals surface area contributed by atoms with Gasteiger partial charge >= 0.3 is 0 Å². The highest BCUT2D eigenvalue weighted by Gasteiger charge is 2.31. The molecule has 1 aliphatic rings. The predicted octanol–water partition coefficient (Wildman–Crippen LogP) is 2.86. The second kappa shape index (κ2) is 6.99. The van der Waals surface area contributed by atoms with Crippen LogP contribution in [0, 0.1) is 12.7 Å². The highest BCUT2D eigenvalue weighted by Crippen LogP contribution is 2.29. The molecular weight excluding hydrogens is 367 g/mol. The summed E-state index contributed by atoms with van der Waals surface area (Å²) in [7, 11) is 0. The van der Waals surface area contributed by atoms with Gasteiger partial charge in [-0.25, -0.2) is 9.37 Å². The Morgan fingerprint density at radius 1 is 1.26 bits per heavy atom. The molecule has 1 aliphatic heterocycles. The van der Waals surface area contributed by atoms with Crippen LogP contribution in [-0.2, 0) is 11.3 Å². The number of hydrogen-bond acceptors (Lipinski definition) is 6. The van der Waals surface area contributed by atoms with Crippen LogP contribution >= 0.6 is 11.5 Å². The summed E-state index contributed by atoms with van der Waals surface area (Å²) >= 11 is 1.29. The number of amides is 1. The Balaban J connectivity index is 1.53. The largest absolute Gasteiger partial charge is 0.327 e. The van der Waals surface area contributed by atoms with Gasteiger partial charge in [-0.05, 0) is 49.2 Å². The summed E-state index contributed by atoms with van der Waals surface area (Å²) in [4.78, 5) is 18.8. The topological polar surface area (TPSA) is 76.8 Å². The number of aromatic nitrogens is 5. The molecule has 1 atom stereocenters. The summed E-state index contributed by atoms with van der Waals surface area (Å²) in [6.07, 6.45) is 3.19. The van der Waals surface area contributed by atoms with E-state index < -0.39 is 0 Å². The first-order valence-corrected chi connectivity index (χ1v) is 9.28. The minimum Gasteiger partial charge on any atom is -0.327 e. The zero-order chi connectivity index (χ0) is 19.0. The SMILES string of the molecule is Cc1nsc(-c2nnc3n2CCN(C(=O)/C=C/c2ccc(F)cc2)[C@@H]3C)n1. The third kappa shape index (κ3) is 3.37. The minimum atomic E-state index is -0.302. The summed E-state index contributed by atoms with van der Waals surface area (Å²) in [5.74, 6) is 1.71. The van der Waals surface area contributed by atoms with Crippen LogP contribution in [-0.4, -0.2) is 41.5 Å². The van der Waals surface area contributed by atoms with Gasteiger partial charge in [-0.3, -0.25) is 4.79 Å². The number of nitrogens with zero attached hydrogens (tertiary/aromatic N) is 6. The Hall–Kier alpha value is -2.94. The van der Waals surface area contributed by atoms with Crippen molar-refractivity contribution in [2.75, 3.05) is 6.54 Å². The standard InChI is InChI=1S/C18H17FN6OS/c1-11-16-21-22-17(18-20-12(2)23-27-18)25(16)10-9-24(11)15(26)8-5-13-3-6-14(19)7-4-13/h3-8,11H,9-10H2,1-2H3/b8-5+/t11-/m1/s1. The van der Waals surface area contributed by atoms with Crippen molar-refractivity contribution < 1.29 is 9.18 Å². The van der Waals surface area contributed by atoms with Crippen molar-refractivity contribution in [1.82, 2.24) is 29.0 Å². The first kappa shape index (κ1) is 17.5. The molecule has 27 heavy (non-hydrogen) atoms. The van der Waals surface area contributed by atoms with Crippen LogP contribution in [0.2, 0.25) is 0 Å². The molecule has 138 valence electrons. The van der Waals surface area contributed by atoms with Crippen molar-refractivity contribution >= 4 is 23.5 Å². The zero-order valence-electron chi connectivity index (χ0n) is 14.8. The molecule has 3 aromatic rings. The van der Waals surface area contributed by atoms with Crippen molar-refractivity contribution in [2.24, 2.45) is 0 Å². The van der Waals surface area contributed by atoms with Gasteiger partial charge in [0.2, 0.25) is 5.91 Å². The number of hydrogen-bond donors (Lipinski definition) is 0. The third-order valence-electron chi connectivity index (χ3n) is 4.48. The number of rotatable bonds is 3. The Morgan fingerprint density at radius 2 is 2.04 bits per heavy atom. The molecule has 0 saturated heterocycles. The molecule has 0 bridgehead atoms. The average Bonchev–Trinajstić information content (AvgIpc) is 3.27. The number of benzene rings is 1. The van der Waals surface area contributed by atoms with E-state index in [1.54, 1.807) is 23.1 Å². The molecule has 0 N–H and O–H groups in total. The Morgan fingerprint density at radius 3 is 2.74 bits per heavy atom. The zero-order valence-corrected chi connectivity index (χ0v) is 15.6. The lowest BCUT2D eigenvalue weighted by molar-refractivity contribution is -0.129. The van der Waals surface area contributed by atoms with Gasteiger partial charge in [0.25, 0.3) is 0 Å². The fourth-order valence-electron chi connectivity index (χ4n) is 3.07. The normalized spacial score (nSPS) is 16.7. The molecule has 7 nitrogen and oxygen atoms in total. The van der Waals surface area contributed by atoms with Gasteiger partial charge in [0, 0.05) is 19.2 Å². The third-order valence-corrected chi connectivity index (χ3v) is 5.28. The van der Waals surface area contributed by atoms with Crippen LogP contribution in [0.15, 0.2) is 30.3 Å². The molecule has 0 unspecified atom stereocenters. The van der Waals surface area contributed by atoms with Crippen LogP contribution in [0.3, 0.4) is 0 Å².